The Labute approximate surface area is 146 Å². The predicted molar refractivity (Wildman–Crippen MR) is 100 cm³/mol. The van der Waals surface area contributed by atoms with Crippen molar-refractivity contribution in [2.45, 2.75) is 6.92 Å². The summed E-state index contributed by atoms with van der Waals surface area (Å²) in [6.07, 6.45) is 1.74. The van der Waals surface area contributed by atoms with Gasteiger partial charge in [-0.3, -0.25) is 5.10 Å². The van der Waals surface area contributed by atoms with Crippen LogP contribution in [0.1, 0.15) is 5.56 Å². The van der Waals surface area contributed by atoms with Gasteiger partial charge in [-0.05, 0) is 30.7 Å². The number of amides is 2. The highest BCUT2D eigenvalue weighted by Crippen LogP contribution is 2.23. The molecule has 1 aliphatic heterocycles. The van der Waals surface area contributed by atoms with E-state index in [2.05, 4.69) is 51.6 Å². The van der Waals surface area contributed by atoms with Gasteiger partial charge in [-0.25, -0.2) is 4.79 Å². The van der Waals surface area contributed by atoms with Gasteiger partial charge in [-0.15, -0.1) is 0 Å². The van der Waals surface area contributed by atoms with Gasteiger partial charge < -0.3 is 15.1 Å². The number of para-hydroxylation sites is 1. The second-order valence-electron chi connectivity index (χ2n) is 6.33. The number of anilines is 2. The molecular weight excluding hydrogens is 314 g/mol. The summed E-state index contributed by atoms with van der Waals surface area (Å²) in [6.45, 7) is 5.23. The Kier molecular flexibility index (Phi) is 4.01. The standard InChI is InChI=1S/C19H21N5O/c1-14-5-2-3-8-18(14)23-9-11-24(12-10-23)19(25)21-16-6-4-7-17-15(16)13-20-22-17/h2-8,13H,9-12H2,1H3,(H,20,22)(H,21,25). The van der Waals surface area contributed by atoms with E-state index in [1.165, 1.54) is 11.3 Å². The second-order valence-corrected chi connectivity index (χ2v) is 6.33. The van der Waals surface area contributed by atoms with Gasteiger partial charge in [0.15, 0.2) is 0 Å². The van der Waals surface area contributed by atoms with E-state index < -0.39 is 0 Å². The minimum atomic E-state index is -0.0573. The van der Waals surface area contributed by atoms with Crippen molar-refractivity contribution in [3.05, 3.63) is 54.2 Å². The van der Waals surface area contributed by atoms with Gasteiger partial charge in [0.05, 0.1) is 17.4 Å². The van der Waals surface area contributed by atoms with Crippen LogP contribution in [0.5, 0.6) is 0 Å². The van der Waals surface area contributed by atoms with Crippen LogP contribution in [0.15, 0.2) is 48.7 Å². The SMILES string of the molecule is Cc1ccccc1N1CCN(C(=O)Nc2cccc3[nH]ncc23)CC1. The molecule has 1 aliphatic rings. The van der Waals surface area contributed by atoms with Gasteiger partial charge in [0.2, 0.25) is 0 Å². The van der Waals surface area contributed by atoms with E-state index in [-0.39, 0.29) is 6.03 Å². The number of fused-ring (bicyclic) bond motifs is 1. The molecule has 2 amide bonds. The van der Waals surface area contributed by atoms with Crippen molar-refractivity contribution in [3.63, 3.8) is 0 Å². The smallest absolute Gasteiger partial charge is 0.321 e. The van der Waals surface area contributed by atoms with Crippen molar-refractivity contribution in [1.29, 1.82) is 0 Å². The normalized spacial score (nSPS) is 14.8. The molecule has 6 nitrogen and oxygen atoms in total. The van der Waals surface area contributed by atoms with Crippen LogP contribution < -0.4 is 10.2 Å². The molecule has 1 fully saturated rings. The molecule has 2 heterocycles. The lowest BCUT2D eigenvalue weighted by molar-refractivity contribution is 0.208. The predicted octanol–water partition coefficient (Wildman–Crippen LogP) is 3.23. The third-order valence-corrected chi connectivity index (χ3v) is 4.75. The number of aryl methyl sites for hydroxylation is 1. The van der Waals surface area contributed by atoms with Crippen LogP contribution in [0.4, 0.5) is 16.2 Å². The zero-order valence-electron chi connectivity index (χ0n) is 14.2. The fourth-order valence-electron chi connectivity index (χ4n) is 3.34. The van der Waals surface area contributed by atoms with E-state index >= 15 is 0 Å². The van der Waals surface area contributed by atoms with Crippen molar-refractivity contribution in [2.24, 2.45) is 0 Å². The molecule has 2 aromatic carbocycles. The second kappa shape index (κ2) is 6.47. The lowest BCUT2D eigenvalue weighted by Crippen LogP contribution is -2.50. The average molecular weight is 335 g/mol. The van der Waals surface area contributed by atoms with E-state index in [4.69, 9.17) is 0 Å². The molecule has 0 saturated carbocycles. The van der Waals surface area contributed by atoms with Crippen LogP contribution >= 0.6 is 0 Å². The number of aromatic nitrogens is 2. The first-order valence-corrected chi connectivity index (χ1v) is 8.51. The Hall–Kier alpha value is -3.02. The fraction of sp³-hybridized carbons (Fsp3) is 0.263. The van der Waals surface area contributed by atoms with Crippen LogP contribution in [0.3, 0.4) is 0 Å². The van der Waals surface area contributed by atoms with Crippen LogP contribution in [-0.4, -0.2) is 47.3 Å². The Morgan fingerprint density at radius 3 is 2.68 bits per heavy atom. The molecular formula is C19H21N5O. The molecule has 128 valence electrons. The lowest BCUT2D eigenvalue weighted by atomic mass is 10.1. The van der Waals surface area contributed by atoms with Crippen molar-refractivity contribution >= 4 is 28.3 Å². The Balaban J connectivity index is 1.42. The monoisotopic (exact) mass is 335 g/mol. The van der Waals surface area contributed by atoms with E-state index in [1.807, 2.05) is 23.1 Å². The maximum atomic E-state index is 12.6. The summed E-state index contributed by atoms with van der Waals surface area (Å²) in [5, 5.41) is 10.9. The van der Waals surface area contributed by atoms with Gasteiger partial charge in [0.25, 0.3) is 0 Å². The number of benzene rings is 2. The van der Waals surface area contributed by atoms with Gasteiger partial charge in [-0.1, -0.05) is 24.3 Å². The molecule has 2 N–H and O–H groups in total. The number of H-pyrrole nitrogens is 1. The van der Waals surface area contributed by atoms with Crippen molar-refractivity contribution in [2.75, 3.05) is 36.4 Å². The van der Waals surface area contributed by atoms with Crippen LogP contribution in [0, 0.1) is 6.92 Å². The summed E-state index contributed by atoms with van der Waals surface area (Å²) in [7, 11) is 0. The highest BCUT2D eigenvalue weighted by atomic mass is 16.2. The van der Waals surface area contributed by atoms with E-state index in [9.17, 15) is 4.79 Å². The van der Waals surface area contributed by atoms with Crippen LogP contribution in [0.2, 0.25) is 0 Å². The maximum Gasteiger partial charge on any atom is 0.321 e. The first-order valence-electron chi connectivity index (χ1n) is 8.51. The van der Waals surface area contributed by atoms with Gasteiger partial charge in [-0.2, -0.15) is 5.10 Å². The van der Waals surface area contributed by atoms with Crippen molar-refractivity contribution in [1.82, 2.24) is 15.1 Å². The molecule has 4 rings (SSSR count). The highest BCUT2D eigenvalue weighted by molar-refractivity contribution is 6.00. The minimum absolute atomic E-state index is 0.0573. The number of carbonyl (C=O) groups is 1. The van der Waals surface area contributed by atoms with Crippen molar-refractivity contribution in [3.8, 4) is 0 Å². The van der Waals surface area contributed by atoms with Crippen LogP contribution in [-0.2, 0) is 0 Å². The van der Waals surface area contributed by atoms with Gasteiger partial charge >= 0.3 is 6.03 Å². The molecule has 1 saturated heterocycles. The molecule has 3 aromatic rings. The summed E-state index contributed by atoms with van der Waals surface area (Å²) in [5.41, 5.74) is 4.23. The third-order valence-electron chi connectivity index (χ3n) is 4.75. The third kappa shape index (κ3) is 3.03. The van der Waals surface area contributed by atoms with E-state index in [0.29, 0.717) is 13.1 Å². The first-order chi connectivity index (χ1) is 12.2. The number of nitrogens with one attached hydrogen (secondary N) is 2. The summed E-state index contributed by atoms with van der Waals surface area (Å²) in [4.78, 5) is 16.8. The average Bonchev–Trinajstić information content (AvgIpc) is 3.12. The quantitative estimate of drug-likeness (QED) is 0.756. The molecule has 25 heavy (non-hydrogen) atoms. The van der Waals surface area contributed by atoms with Crippen molar-refractivity contribution < 1.29 is 4.79 Å². The Bertz CT molecular complexity index is 895. The zero-order valence-corrected chi connectivity index (χ0v) is 14.2. The number of urea groups is 1. The summed E-state index contributed by atoms with van der Waals surface area (Å²) >= 11 is 0. The number of hydrogen-bond acceptors (Lipinski definition) is 3. The molecule has 6 heteroatoms. The topological polar surface area (TPSA) is 64.3 Å². The summed E-state index contributed by atoms with van der Waals surface area (Å²) in [6, 6.07) is 14.1. The number of aromatic amines is 1. The number of rotatable bonds is 2. The van der Waals surface area contributed by atoms with Gasteiger partial charge in [0.1, 0.15) is 0 Å². The molecule has 0 spiro atoms. The zero-order chi connectivity index (χ0) is 17.2. The molecule has 0 unspecified atom stereocenters. The number of carbonyl (C=O) groups excluding carboxylic acids is 1. The van der Waals surface area contributed by atoms with E-state index in [0.717, 1.165) is 29.7 Å². The van der Waals surface area contributed by atoms with Gasteiger partial charge in [0, 0.05) is 37.3 Å². The summed E-state index contributed by atoms with van der Waals surface area (Å²) < 4.78 is 0. The molecule has 0 radical (unpaired) electrons. The number of hydrogen-bond donors (Lipinski definition) is 2. The Morgan fingerprint density at radius 1 is 1.08 bits per heavy atom. The Morgan fingerprint density at radius 2 is 1.88 bits per heavy atom. The fourth-order valence-corrected chi connectivity index (χ4v) is 3.34. The van der Waals surface area contributed by atoms with E-state index in [1.54, 1.807) is 6.20 Å². The molecule has 1 aromatic heterocycles. The number of nitrogens with zero attached hydrogens (tertiary/aromatic N) is 3. The maximum absolute atomic E-state index is 12.6. The molecule has 0 atom stereocenters. The molecule has 0 bridgehead atoms. The largest absolute Gasteiger partial charge is 0.368 e. The minimum Gasteiger partial charge on any atom is -0.368 e. The summed E-state index contributed by atoms with van der Waals surface area (Å²) in [5.74, 6) is 0. The molecule has 0 aliphatic carbocycles. The number of piperazine rings is 1. The first kappa shape index (κ1) is 15.5. The lowest BCUT2D eigenvalue weighted by Gasteiger charge is -2.36. The van der Waals surface area contributed by atoms with Crippen LogP contribution in [0.25, 0.3) is 10.9 Å². The highest BCUT2D eigenvalue weighted by Gasteiger charge is 2.22.